The second-order valence-corrected chi connectivity index (χ2v) is 8.32. The predicted molar refractivity (Wildman–Crippen MR) is 103 cm³/mol. The van der Waals surface area contributed by atoms with Gasteiger partial charge in [0.25, 0.3) is 5.91 Å². The van der Waals surface area contributed by atoms with Crippen LogP contribution in [0.2, 0.25) is 0 Å². The summed E-state index contributed by atoms with van der Waals surface area (Å²) < 4.78 is 8.02. The third-order valence-corrected chi connectivity index (χ3v) is 7.03. The van der Waals surface area contributed by atoms with Gasteiger partial charge in [-0.25, -0.2) is 9.78 Å². The van der Waals surface area contributed by atoms with E-state index in [1.165, 1.54) is 11.3 Å². The molecule has 7 nitrogen and oxygen atoms in total. The molecule has 0 bridgehead atoms. The van der Waals surface area contributed by atoms with Crippen molar-refractivity contribution in [2.75, 3.05) is 19.7 Å². The summed E-state index contributed by atoms with van der Waals surface area (Å²) in [6.45, 7) is 1.76. The number of imidazole rings is 1. The Balaban J connectivity index is 1.36. The molecule has 2 aliphatic rings. The molecule has 28 heavy (non-hydrogen) atoms. The Morgan fingerprint density at radius 2 is 2.07 bits per heavy atom. The van der Waals surface area contributed by atoms with Gasteiger partial charge in [0.05, 0.1) is 12.2 Å². The fraction of sp³-hybridized carbons (Fsp3) is 0.350. The van der Waals surface area contributed by atoms with E-state index in [0.29, 0.717) is 43.0 Å². The molecule has 3 aromatic rings. The number of piperidine rings is 1. The zero-order valence-electron chi connectivity index (χ0n) is 15.1. The number of fused-ring (bicyclic) bond motifs is 3. The average molecular weight is 397 g/mol. The lowest BCUT2D eigenvalue weighted by molar-refractivity contribution is -0.0906. The normalized spacial score (nSPS) is 18.4. The van der Waals surface area contributed by atoms with Gasteiger partial charge >= 0.3 is 5.97 Å². The van der Waals surface area contributed by atoms with E-state index in [1.54, 1.807) is 12.3 Å². The van der Waals surface area contributed by atoms with Crippen LogP contribution < -0.4 is 0 Å². The van der Waals surface area contributed by atoms with Gasteiger partial charge in [0.15, 0.2) is 0 Å². The minimum absolute atomic E-state index is 0.00103. The molecule has 0 unspecified atom stereocenters. The van der Waals surface area contributed by atoms with Crippen LogP contribution in [0.5, 0.6) is 0 Å². The molecule has 1 amide bonds. The van der Waals surface area contributed by atoms with E-state index in [9.17, 15) is 14.7 Å². The third-order valence-electron chi connectivity index (χ3n) is 5.68. The largest absolute Gasteiger partial charge is 0.477 e. The molecule has 0 aliphatic carbocycles. The maximum absolute atomic E-state index is 13.0. The van der Waals surface area contributed by atoms with Gasteiger partial charge in [-0.3, -0.25) is 4.79 Å². The summed E-state index contributed by atoms with van der Waals surface area (Å²) in [7, 11) is 0. The number of ether oxygens (including phenoxy) is 1. The standard InChI is InChI=1S/C20H19N3O4S/c24-18(14-1-2-16-21-6-9-23(16)12-14)22-7-4-20(5-8-22)17-13(3-10-27-20)11-15(28-17)19(25)26/h1-2,6,9,11-12H,3-5,7-8,10H2,(H,25,26). The number of carboxylic acid groups (broad SMARTS) is 1. The van der Waals surface area contributed by atoms with E-state index in [2.05, 4.69) is 4.98 Å². The van der Waals surface area contributed by atoms with Crippen molar-refractivity contribution in [3.8, 4) is 0 Å². The summed E-state index contributed by atoms with van der Waals surface area (Å²) in [5, 5.41) is 9.33. The maximum Gasteiger partial charge on any atom is 0.345 e. The quantitative estimate of drug-likeness (QED) is 0.719. The highest BCUT2D eigenvalue weighted by Gasteiger charge is 2.43. The molecule has 3 aromatic heterocycles. The number of thiophene rings is 1. The van der Waals surface area contributed by atoms with Gasteiger partial charge in [0.1, 0.15) is 16.1 Å². The second-order valence-electron chi connectivity index (χ2n) is 7.27. The molecule has 0 saturated carbocycles. The highest BCUT2D eigenvalue weighted by atomic mass is 32.1. The average Bonchev–Trinajstić information content (AvgIpc) is 3.35. The molecule has 5 rings (SSSR count). The Bertz CT molecular complexity index is 1080. The van der Waals surface area contributed by atoms with Gasteiger partial charge in [-0.05, 0) is 43.0 Å². The number of carbonyl (C=O) groups is 2. The third kappa shape index (κ3) is 2.71. The van der Waals surface area contributed by atoms with Crippen molar-refractivity contribution in [1.82, 2.24) is 14.3 Å². The van der Waals surface area contributed by atoms with Crippen LogP contribution in [0.3, 0.4) is 0 Å². The van der Waals surface area contributed by atoms with Crippen LogP contribution in [0.4, 0.5) is 0 Å². The molecule has 0 aromatic carbocycles. The minimum Gasteiger partial charge on any atom is -0.477 e. The van der Waals surface area contributed by atoms with E-state index in [0.717, 1.165) is 22.5 Å². The summed E-state index contributed by atoms with van der Waals surface area (Å²) >= 11 is 1.32. The highest BCUT2D eigenvalue weighted by Crippen LogP contribution is 2.45. The first kappa shape index (κ1) is 17.4. The molecule has 0 atom stereocenters. The number of carbonyl (C=O) groups excluding carboxylic acids is 1. The van der Waals surface area contributed by atoms with Crippen molar-refractivity contribution in [3.63, 3.8) is 0 Å². The van der Waals surface area contributed by atoms with Crippen molar-refractivity contribution in [2.45, 2.75) is 24.9 Å². The summed E-state index contributed by atoms with van der Waals surface area (Å²) in [6.07, 6.45) is 7.44. The van der Waals surface area contributed by atoms with Crippen LogP contribution in [0, 0.1) is 0 Å². The molecule has 1 spiro atoms. The molecule has 1 N–H and O–H groups in total. The number of likely N-dealkylation sites (tertiary alicyclic amines) is 1. The molecular formula is C20H19N3O4S. The zero-order valence-corrected chi connectivity index (χ0v) is 15.9. The number of hydrogen-bond acceptors (Lipinski definition) is 5. The summed E-state index contributed by atoms with van der Waals surface area (Å²) in [6, 6.07) is 5.43. The molecule has 1 fully saturated rings. The number of nitrogens with zero attached hydrogens (tertiary/aromatic N) is 3. The first-order chi connectivity index (χ1) is 13.6. The van der Waals surface area contributed by atoms with E-state index in [1.807, 2.05) is 33.8 Å². The monoisotopic (exact) mass is 397 g/mol. The number of amides is 1. The molecule has 0 radical (unpaired) electrons. The van der Waals surface area contributed by atoms with Crippen LogP contribution in [0.1, 0.15) is 43.3 Å². The lowest BCUT2D eigenvalue weighted by Crippen LogP contribution is -2.47. The van der Waals surface area contributed by atoms with Crippen LogP contribution in [0.15, 0.2) is 36.8 Å². The number of hydrogen-bond donors (Lipinski definition) is 1. The minimum atomic E-state index is -0.892. The molecule has 144 valence electrons. The summed E-state index contributed by atoms with van der Waals surface area (Å²) in [5.74, 6) is -0.893. The predicted octanol–water partition coefficient (Wildman–Crippen LogP) is 2.80. The molecule has 8 heteroatoms. The second kappa shape index (κ2) is 6.42. The Hall–Kier alpha value is -2.71. The van der Waals surface area contributed by atoms with Gasteiger partial charge in [-0.1, -0.05) is 0 Å². The number of carboxylic acids is 1. The Kier molecular flexibility index (Phi) is 3.99. The van der Waals surface area contributed by atoms with Gasteiger partial charge < -0.3 is 19.1 Å². The van der Waals surface area contributed by atoms with Crippen molar-refractivity contribution in [2.24, 2.45) is 0 Å². The first-order valence-corrected chi connectivity index (χ1v) is 10.1. The van der Waals surface area contributed by atoms with Gasteiger partial charge in [0, 0.05) is 36.6 Å². The van der Waals surface area contributed by atoms with Crippen molar-refractivity contribution in [1.29, 1.82) is 0 Å². The van der Waals surface area contributed by atoms with E-state index >= 15 is 0 Å². The van der Waals surface area contributed by atoms with Crippen molar-refractivity contribution < 1.29 is 19.4 Å². The number of rotatable bonds is 2. The smallest absolute Gasteiger partial charge is 0.345 e. The van der Waals surface area contributed by atoms with Gasteiger partial charge in [0.2, 0.25) is 0 Å². The van der Waals surface area contributed by atoms with E-state index in [4.69, 9.17) is 4.74 Å². The number of pyridine rings is 1. The van der Waals surface area contributed by atoms with Crippen LogP contribution >= 0.6 is 11.3 Å². The van der Waals surface area contributed by atoms with Crippen molar-refractivity contribution in [3.05, 3.63) is 57.7 Å². The Morgan fingerprint density at radius 1 is 1.25 bits per heavy atom. The topological polar surface area (TPSA) is 84.1 Å². The number of aromatic nitrogens is 2. The van der Waals surface area contributed by atoms with E-state index in [-0.39, 0.29) is 5.91 Å². The van der Waals surface area contributed by atoms with E-state index < -0.39 is 11.6 Å². The maximum atomic E-state index is 13.0. The fourth-order valence-corrected chi connectivity index (χ4v) is 5.45. The van der Waals surface area contributed by atoms with Crippen LogP contribution in [0.25, 0.3) is 5.65 Å². The SMILES string of the molecule is O=C(O)c1cc2c(s1)C1(CCN(C(=O)c3ccc4nccn4c3)CC1)OCC2. The molecule has 1 saturated heterocycles. The zero-order chi connectivity index (χ0) is 19.3. The summed E-state index contributed by atoms with van der Waals surface area (Å²) in [5.41, 5.74) is 2.07. The Labute approximate surface area is 165 Å². The molecular weight excluding hydrogens is 378 g/mol. The Morgan fingerprint density at radius 3 is 2.86 bits per heavy atom. The van der Waals surface area contributed by atoms with Crippen LogP contribution in [-0.4, -0.2) is 51.0 Å². The highest BCUT2D eigenvalue weighted by molar-refractivity contribution is 7.14. The molecule has 5 heterocycles. The molecule has 2 aliphatic heterocycles. The van der Waals surface area contributed by atoms with Gasteiger partial charge in [-0.2, -0.15) is 0 Å². The first-order valence-electron chi connectivity index (χ1n) is 9.28. The lowest BCUT2D eigenvalue weighted by Gasteiger charge is -2.43. The summed E-state index contributed by atoms with van der Waals surface area (Å²) in [4.78, 5) is 31.8. The number of aromatic carboxylic acids is 1. The fourth-order valence-electron chi connectivity index (χ4n) is 4.20. The van der Waals surface area contributed by atoms with Crippen molar-refractivity contribution >= 4 is 28.9 Å². The van der Waals surface area contributed by atoms with Gasteiger partial charge in [-0.15, -0.1) is 11.3 Å². The van der Waals surface area contributed by atoms with Crippen LogP contribution in [-0.2, 0) is 16.8 Å². The lowest BCUT2D eigenvalue weighted by atomic mass is 9.85.